The van der Waals surface area contributed by atoms with Crippen molar-refractivity contribution in [3.8, 4) is 16.2 Å². The number of aromatic carboxylic acids is 1. The second-order valence-corrected chi connectivity index (χ2v) is 13.2. The summed E-state index contributed by atoms with van der Waals surface area (Å²) in [7, 11) is -3.51. The van der Waals surface area contributed by atoms with Crippen LogP contribution in [-0.4, -0.2) is 55.8 Å². The molecule has 2 N–H and O–H groups in total. The molecule has 0 unspecified atom stereocenters. The lowest BCUT2D eigenvalue weighted by atomic mass is 10.1. The number of aldehydes is 1. The summed E-state index contributed by atoms with van der Waals surface area (Å²) in [5.74, 6) is -1.16. The zero-order valence-electron chi connectivity index (χ0n) is 19.8. The number of anilines is 1. The Balaban J connectivity index is 1.42. The van der Waals surface area contributed by atoms with E-state index in [0.717, 1.165) is 22.6 Å². The average molecular weight is 662 g/mol. The highest BCUT2D eigenvalue weighted by Crippen LogP contribution is 2.46. The number of carbonyl (C=O) groups is 2. The maximum absolute atomic E-state index is 12.9. The summed E-state index contributed by atoms with van der Waals surface area (Å²) in [6.45, 7) is 0.520. The fourth-order valence-electron chi connectivity index (χ4n) is 4.16. The number of piperidine rings is 1. The van der Waals surface area contributed by atoms with Gasteiger partial charge in [-0.25, -0.2) is 17.5 Å². The summed E-state index contributed by atoms with van der Waals surface area (Å²) >= 11 is 16.4. The maximum atomic E-state index is 12.9. The molecule has 2 heterocycles. The molecule has 0 saturated carbocycles. The molecule has 1 aliphatic rings. The van der Waals surface area contributed by atoms with Crippen molar-refractivity contribution >= 4 is 78.4 Å². The van der Waals surface area contributed by atoms with E-state index in [4.69, 9.17) is 27.9 Å². The minimum absolute atomic E-state index is 0.00143. The first-order valence-corrected chi connectivity index (χ1v) is 15.5. The molecule has 0 radical (unpaired) electrons. The molecule has 202 valence electrons. The molecule has 1 aliphatic heterocycles. The van der Waals surface area contributed by atoms with Crippen LogP contribution in [0.5, 0.6) is 5.75 Å². The predicted molar refractivity (Wildman–Crippen MR) is 153 cm³/mol. The molecule has 0 spiro atoms. The minimum Gasteiger partial charge on any atom is -0.483 e. The molecule has 4 rings (SSSR count). The van der Waals surface area contributed by atoms with Crippen molar-refractivity contribution in [3.63, 3.8) is 0 Å². The lowest BCUT2D eigenvalue weighted by Crippen LogP contribution is -2.42. The molecule has 1 saturated heterocycles. The Bertz CT molecular complexity index is 1460. The topological polar surface area (TPSA) is 113 Å². The van der Waals surface area contributed by atoms with Gasteiger partial charge in [0.25, 0.3) is 0 Å². The monoisotopic (exact) mass is 660 g/mol. The van der Waals surface area contributed by atoms with Gasteiger partial charge in [0.05, 0.1) is 25.1 Å². The molecule has 0 bridgehead atoms. The number of halogens is 3. The maximum Gasteiger partial charge on any atom is 0.349 e. The number of carboxylic acids is 1. The van der Waals surface area contributed by atoms with E-state index in [1.807, 2.05) is 24.3 Å². The van der Waals surface area contributed by atoms with Crippen LogP contribution in [0.4, 0.5) is 5.69 Å². The average Bonchev–Trinajstić information content (AvgIpc) is 3.21. The largest absolute Gasteiger partial charge is 0.483 e. The first-order valence-electron chi connectivity index (χ1n) is 11.5. The predicted octanol–water partition coefficient (Wildman–Crippen LogP) is 6.17. The molecule has 1 fully saturated rings. The third-order valence-electron chi connectivity index (χ3n) is 5.97. The Labute approximate surface area is 242 Å². The van der Waals surface area contributed by atoms with Gasteiger partial charge in [-0.1, -0.05) is 41.4 Å². The zero-order chi connectivity index (χ0) is 27.4. The normalized spacial score (nSPS) is 14.8. The van der Waals surface area contributed by atoms with Crippen LogP contribution in [0.2, 0.25) is 10.0 Å². The van der Waals surface area contributed by atoms with Crippen molar-refractivity contribution in [2.45, 2.75) is 24.6 Å². The summed E-state index contributed by atoms with van der Waals surface area (Å²) in [5, 5.41) is 13.7. The Morgan fingerprint density at radius 1 is 1.18 bits per heavy atom. The van der Waals surface area contributed by atoms with Crippen LogP contribution in [0.3, 0.4) is 0 Å². The first kappa shape index (κ1) is 28.8. The van der Waals surface area contributed by atoms with Crippen molar-refractivity contribution in [2.75, 3.05) is 25.0 Å². The van der Waals surface area contributed by atoms with Gasteiger partial charge in [0, 0.05) is 24.8 Å². The standard InChI is InChI=1S/C25H23BrCl2N2O6S2/c26-21-22(36-11-10-31)24(25(32)33)37-23(21)16-2-1-3-18(13-16)29-17-6-8-30(9-7-17)38(34,35)14-15-4-5-19(27)20(28)12-15/h1-5,10,12-13,17,29H,6-9,11,14H2,(H,32,33). The number of nitrogens with one attached hydrogen (secondary N) is 1. The summed E-state index contributed by atoms with van der Waals surface area (Å²) in [6.07, 6.45) is 1.81. The van der Waals surface area contributed by atoms with Gasteiger partial charge in [-0.2, -0.15) is 0 Å². The van der Waals surface area contributed by atoms with Crippen LogP contribution >= 0.6 is 50.5 Å². The van der Waals surface area contributed by atoms with Crippen LogP contribution in [0.15, 0.2) is 46.9 Å². The molecule has 0 atom stereocenters. The van der Waals surface area contributed by atoms with Gasteiger partial charge in [0.2, 0.25) is 10.0 Å². The van der Waals surface area contributed by atoms with E-state index < -0.39 is 16.0 Å². The van der Waals surface area contributed by atoms with E-state index in [1.54, 1.807) is 18.2 Å². The van der Waals surface area contributed by atoms with Gasteiger partial charge in [0.15, 0.2) is 16.9 Å². The number of hydrogen-bond acceptors (Lipinski definition) is 7. The van der Waals surface area contributed by atoms with Gasteiger partial charge in [-0.05, 0) is 64.2 Å². The highest BCUT2D eigenvalue weighted by Gasteiger charge is 2.29. The summed E-state index contributed by atoms with van der Waals surface area (Å²) in [5.41, 5.74) is 2.19. The fraction of sp³-hybridized carbons (Fsp3) is 0.280. The van der Waals surface area contributed by atoms with E-state index >= 15 is 0 Å². The number of thiophene rings is 1. The molecular formula is C25H23BrCl2N2O6S2. The van der Waals surface area contributed by atoms with E-state index in [9.17, 15) is 23.1 Å². The van der Waals surface area contributed by atoms with Crippen LogP contribution in [0, 0.1) is 0 Å². The van der Waals surface area contributed by atoms with E-state index in [1.165, 1.54) is 4.31 Å². The molecule has 0 amide bonds. The molecule has 13 heteroatoms. The van der Waals surface area contributed by atoms with Gasteiger partial charge >= 0.3 is 5.97 Å². The number of benzene rings is 2. The molecular weight excluding hydrogens is 639 g/mol. The Morgan fingerprint density at radius 3 is 2.58 bits per heavy atom. The molecule has 0 aliphatic carbocycles. The number of carbonyl (C=O) groups excluding carboxylic acids is 1. The van der Waals surface area contributed by atoms with Crippen molar-refractivity contribution in [3.05, 3.63) is 67.4 Å². The molecule has 8 nitrogen and oxygen atoms in total. The fourth-order valence-corrected chi connectivity index (χ4v) is 7.92. The van der Waals surface area contributed by atoms with Crippen molar-refractivity contribution in [1.82, 2.24) is 4.31 Å². The Morgan fingerprint density at radius 2 is 1.92 bits per heavy atom. The number of carboxylic acid groups (broad SMARTS) is 1. The third kappa shape index (κ3) is 6.70. The smallest absolute Gasteiger partial charge is 0.349 e. The number of ether oxygens (including phenoxy) is 1. The highest BCUT2D eigenvalue weighted by molar-refractivity contribution is 9.10. The van der Waals surface area contributed by atoms with Gasteiger partial charge in [0.1, 0.15) is 6.61 Å². The number of sulfonamides is 1. The summed E-state index contributed by atoms with van der Waals surface area (Å²) < 4.78 is 33.2. The number of hydrogen-bond donors (Lipinski definition) is 2. The Kier molecular flexibility index (Phi) is 9.38. The van der Waals surface area contributed by atoms with Gasteiger partial charge in [-0.15, -0.1) is 11.3 Å². The van der Waals surface area contributed by atoms with Crippen LogP contribution in [-0.2, 0) is 20.6 Å². The highest BCUT2D eigenvalue weighted by atomic mass is 79.9. The van der Waals surface area contributed by atoms with Crippen molar-refractivity contribution < 1.29 is 27.9 Å². The van der Waals surface area contributed by atoms with E-state index in [2.05, 4.69) is 21.2 Å². The van der Waals surface area contributed by atoms with Crippen LogP contribution in [0.25, 0.3) is 10.4 Å². The lowest BCUT2D eigenvalue weighted by molar-refractivity contribution is -0.109. The minimum atomic E-state index is -3.51. The van der Waals surface area contributed by atoms with Crippen molar-refractivity contribution in [1.29, 1.82) is 0 Å². The van der Waals surface area contributed by atoms with Gasteiger partial charge < -0.3 is 15.2 Å². The SMILES string of the molecule is O=CCOc1c(C(=O)O)sc(-c2cccc(NC3CCN(S(=O)(=O)Cc4ccc(Cl)c(Cl)c4)CC3)c2)c1Br. The number of rotatable bonds is 10. The van der Waals surface area contributed by atoms with E-state index in [-0.39, 0.29) is 29.0 Å². The zero-order valence-corrected chi connectivity index (χ0v) is 24.6. The Hall–Kier alpha value is -2.15. The molecule has 1 aromatic heterocycles. The second-order valence-electron chi connectivity index (χ2n) is 8.59. The molecule has 3 aromatic rings. The lowest BCUT2D eigenvalue weighted by Gasteiger charge is -2.32. The van der Waals surface area contributed by atoms with Crippen LogP contribution in [0.1, 0.15) is 28.1 Å². The quantitative estimate of drug-likeness (QED) is 0.250. The molecule has 2 aromatic carbocycles. The molecule has 38 heavy (non-hydrogen) atoms. The summed E-state index contributed by atoms with van der Waals surface area (Å²) in [6, 6.07) is 12.4. The third-order valence-corrected chi connectivity index (χ3v) is 10.8. The van der Waals surface area contributed by atoms with Crippen molar-refractivity contribution in [2.24, 2.45) is 0 Å². The van der Waals surface area contributed by atoms with Crippen LogP contribution < -0.4 is 10.1 Å². The summed E-state index contributed by atoms with van der Waals surface area (Å²) in [4.78, 5) is 23.1. The first-order chi connectivity index (χ1) is 18.1. The number of nitrogens with zero attached hydrogens (tertiary/aromatic N) is 1. The van der Waals surface area contributed by atoms with E-state index in [0.29, 0.717) is 57.2 Å². The second kappa shape index (κ2) is 12.4. The van der Waals surface area contributed by atoms with Gasteiger partial charge in [-0.3, -0.25) is 4.79 Å².